The Labute approximate surface area is 197 Å². The molecule has 3 heterocycles. The van der Waals surface area contributed by atoms with Gasteiger partial charge in [0, 0.05) is 24.5 Å². The van der Waals surface area contributed by atoms with Gasteiger partial charge >= 0.3 is 6.09 Å². The van der Waals surface area contributed by atoms with Gasteiger partial charge in [-0.1, -0.05) is 11.3 Å². The molecule has 1 aromatic heterocycles. The van der Waals surface area contributed by atoms with Crippen LogP contribution in [0.25, 0.3) is 0 Å². The molecule has 3 amide bonds. The summed E-state index contributed by atoms with van der Waals surface area (Å²) < 4.78 is 11.3. The number of aryl methyl sites for hydroxylation is 1. The highest BCUT2D eigenvalue weighted by atomic mass is 79.9. The van der Waals surface area contributed by atoms with Crippen molar-refractivity contribution in [2.24, 2.45) is 5.92 Å². The van der Waals surface area contributed by atoms with Gasteiger partial charge in [0.25, 0.3) is 5.91 Å². The smallest absolute Gasteiger partial charge is 0.399 e. The molecule has 2 fully saturated rings. The van der Waals surface area contributed by atoms with Crippen LogP contribution in [0.5, 0.6) is 5.06 Å². The van der Waals surface area contributed by atoms with E-state index in [-0.39, 0.29) is 25.0 Å². The molecule has 9 nitrogen and oxygen atoms in total. The second-order valence-electron chi connectivity index (χ2n) is 7.51. The number of aliphatic hydroxyl groups excluding tert-OH is 1. The Bertz CT molecular complexity index is 1040. The summed E-state index contributed by atoms with van der Waals surface area (Å²) in [5.74, 6) is -1.17. The molecule has 2 aliphatic heterocycles. The first-order valence-corrected chi connectivity index (χ1v) is 11.6. The molecule has 32 heavy (non-hydrogen) atoms. The standard InChI is InChI=1S/C21H22BrN3O6S/c1-12-8-13(2-3-16(12)24-6-7-30-11-18(24)27)25-9-15(14(10-26)20(25)28)23-21(29)31-19-5-4-17(22)32-19/h2-5,8,14-15,26H,6-7,9-11H2,1H3,(H,23,29). The first-order valence-electron chi connectivity index (χ1n) is 10.0. The number of anilines is 2. The van der Waals surface area contributed by atoms with Crippen molar-refractivity contribution in [1.82, 2.24) is 5.32 Å². The number of amides is 3. The van der Waals surface area contributed by atoms with Crippen LogP contribution in [0.3, 0.4) is 0 Å². The summed E-state index contributed by atoms with van der Waals surface area (Å²) >= 11 is 4.57. The number of rotatable bonds is 5. The number of thiophene rings is 1. The van der Waals surface area contributed by atoms with Gasteiger partial charge in [-0.25, -0.2) is 4.79 Å². The number of hydrogen-bond donors (Lipinski definition) is 2. The van der Waals surface area contributed by atoms with E-state index in [0.717, 1.165) is 15.0 Å². The van der Waals surface area contributed by atoms with E-state index in [2.05, 4.69) is 21.2 Å². The largest absolute Gasteiger partial charge is 0.413 e. The lowest BCUT2D eigenvalue weighted by molar-refractivity contribution is -0.125. The predicted octanol–water partition coefficient (Wildman–Crippen LogP) is 2.29. The minimum Gasteiger partial charge on any atom is -0.399 e. The second-order valence-corrected chi connectivity index (χ2v) is 9.93. The molecule has 2 N–H and O–H groups in total. The summed E-state index contributed by atoms with van der Waals surface area (Å²) in [6.45, 7) is 2.67. The summed E-state index contributed by atoms with van der Waals surface area (Å²) in [4.78, 5) is 40.6. The molecule has 2 atom stereocenters. The third-order valence-corrected chi connectivity index (χ3v) is 6.96. The van der Waals surface area contributed by atoms with Crippen molar-refractivity contribution in [2.45, 2.75) is 13.0 Å². The number of morpholine rings is 1. The van der Waals surface area contributed by atoms with Crippen LogP contribution < -0.4 is 19.9 Å². The topological polar surface area (TPSA) is 108 Å². The normalized spacial score (nSPS) is 21.2. The maximum Gasteiger partial charge on any atom is 0.413 e. The van der Waals surface area contributed by atoms with Crippen LogP contribution in [0.4, 0.5) is 16.2 Å². The van der Waals surface area contributed by atoms with Crippen LogP contribution in [0.1, 0.15) is 5.56 Å². The van der Waals surface area contributed by atoms with Crippen molar-refractivity contribution in [1.29, 1.82) is 0 Å². The quantitative estimate of drug-likeness (QED) is 0.622. The molecule has 2 saturated heterocycles. The fourth-order valence-electron chi connectivity index (χ4n) is 3.88. The summed E-state index contributed by atoms with van der Waals surface area (Å²) in [6.07, 6.45) is -0.685. The monoisotopic (exact) mass is 523 g/mol. The van der Waals surface area contributed by atoms with Gasteiger partial charge in [0.15, 0.2) is 5.06 Å². The van der Waals surface area contributed by atoms with Gasteiger partial charge in [-0.05, 0) is 58.7 Å². The highest BCUT2D eigenvalue weighted by molar-refractivity contribution is 9.11. The summed E-state index contributed by atoms with van der Waals surface area (Å²) in [7, 11) is 0. The molecule has 170 valence electrons. The van der Waals surface area contributed by atoms with Crippen molar-refractivity contribution in [2.75, 3.05) is 42.7 Å². The van der Waals surface area contributed by atoms with E-state index in [1.54, 1.807) is 29.2 Å². The van der Waals surface area contributed by atoms with Crippen LogP contribution in [0.15, 0.2) is 34.1 Å². The van der Waals surface area contributed by atoms with Crippen LogP contribution in [-0.4, -0.2) is 62.0 Å². The summed E-state index contributed by atoms with van der Waals surface area (Å²) in [5.41, 5.74) is 2.24. The van der Waals surface area contributed by atoms with Gasteiger partial charge in [-0.2, -0.15) is 0 Å². The van der Waals surface area contributed by atoms with E-state index in [1.807, 2.05) is 13.0 Å². The molecule has 11 heteroatoms. The number of nitrogens with zero attached hydrogens (tertiary/aromatic N) is 2. The molecule has 4 rings (SSSR count). The lowest BCUT2D eigenvalue weighted by Crippen LogP contribution is -2.43. The zero-order valence-corrected chi connectivity index (χ0v) is 19.6. The second kappa shape index (κ2) is 9.57. The van der Waals surface area contributed by atoms with Crippen molar-refractivity contribution in [3.05, 3.63) is 39.7 Å². The maximum atomic E-state index is 12.9. The Morgan fingerprint density at radius 3 is 2.78 bits per heavy atom. The molecule has 0 saturated carbocycles. The summed E-state index contributed by atoms with van der Waals surface area (Å²) in [5, 5.41) is 12.9. The zero-order valence-electron chi connectivity index (χ0n) is 17.2. The lowest BCUT2D eigenvalue weighted by Gasteiger charge is -2.29. The first kappa shape index (κ1) is 22.7. The Morgan fingerprint density at radius 2 is 2.12 bits per heavy atom. The van der Waals surface area contributed by atoms with E-state index in [1.165, 1.54) is 16.2 Å². The van der Waals surface area contributed by atoms with Crippen LogP contribution in [0, 0.1) is 12.8 Å². The Morgan fingerprint density at radius 1 is 1.31 bits per heavy atom. The molecule has 0 bridgehead atoms. The average Bonchev–Trinajstić information content (AvgIpc) is 3.30. The number of carbonyl (C=O) groups is 3. The third-order valence-electron chi connectivity index (χ3n) is 5.46. The minimum atomic E-state index is -0.779. The van der Waals surface area contributed by atoms with Crippen LogP contribution in [0.2, 0.25) is 0 Å². The van der Waals surface area contributed by atoms with Gasteiger partial charge in [-0.15, -0.1) is 0 Å². The van der Waals surface area contributed by atoms with Crippen molar-refractivity contribution in [3.8, 4) is 5.06 Å². The zero-order chi connectivity index (χ0) is 22.8. The van der Waals surface area contributed by atoms with Gasteiger partial charge in [0.1, 0.15) is 6.61 Å². The van der Waals surface area contributed by atoms with Gasteiger partial charge in [-0.3, -0.25) is 9.59 Å². The van der Waals surface area contributed by atoms with Crippen molar-refractivity contribution < 1.29 is 29.0 Å². The van der Waals surface area contributed by atoms with Crippen LogP contribution >= 0.6 is 27.3 Å². The molecule has 0 radical (unpaired) electrons. The van der Waals surface area contributed by atoms with E-state index in [0.29, 0.717) is 23.9 Å². The number of hydrogen-bond acceptors (Lipinski definition) is 7. The first-order chi connectivity index (χ1) is 15.4. The van der Waals surface area contributed by atoms with Gasteiger partial charge in [0.2, 0.25) is 5.91 Å². The number of nitrogens with one attached hydrogen (secondary N) is 1. The minimum absolute atomic E-state index is 0.0514. The molecule has 2 aliphatic rings. The molecule has 0 aliphatic carbocycles. The predicted molar refractivity (Wildman–Crippen MR) is 122 cm³/mol. The van der Waals surface area contributed by atoms with Crippen molar-refractivity contribution >= 4 is 56.5 Å². The Hall–Kier alpha value is -2.47. The van der Waals surface area contributed by atoms with E-state index >= 15 is 0 Å². The molecule has 2 unspecified atom stereocenters. The third kappa shape index (κ3) is 4.65. The Balaban J connectivity index is 1.47. The van der Waals surface area contributed by atoms with Gasteiger partial charge < -0.3 is 29.7 Å². The average molecular weight is 524 g/mol. The fraction of sp³-hybridized carbons (Fsp3) is 0.381. The molecular weight excluding hydrogens is 502 g/mol. The molecule has 2 aromatic rings. The highest BCUT2D eigenvalue weighted by Gasteiger charge is 2.42. The fourth-order valence-corrected chi connectivity index (χ4v) is 5.07. The van der Waals surface area contributed by atoms with E-state index < -0.39 is 24.7 Å². The number of benzene rings is 1. The van der Waals surface area contributed by atoms with E-state index in [9.17, 15) is 19.5 Å². The molecule has 1 aromatic carbocycles. The summed E-state index contributed by atoms with van der Waals surface area (Å²) in [6, 6.07) is 8.22. The number of aliphatic hydroxyl groups is 1. The number of halogens is 1. The lowest BCUT2D eigenvalue weighted by atomic mass is 10.1. The van der Waals surface area contributed by atoms with Crippen LogP contribution in [-0.2, 0) is 14.3 Å². The van der Waals surface area contributed by atoms with E-state index in [4.69, 9.17) is 9.47 Å². The Kier molecular flexibility index (Phi) is 6.79. The number of carbonyl (C=O) groups excluding carboxylic acids is 3. The van der Waals surface area contributed by atoms with Crippen molar-refractivity contribution in [3.63, 3.8) is 0 Å². The van der Waals surface area contributed by atoms with Gasteiger partial charge in [0.05, 0.1) is 29.0 Å². The highest BCUT2D eigenvalue weighted by Crippen LogP contribution is 2.32. The number of ether oxygens (including phenoxy) is 2. The maximum absolute atomic E-state index is 12.9. The molecular formula is C21H22BrN3O6S. The SMILES string of the molecule is Cc1cc(N2CC(NC(=O)Oc3ccc(Br)s3)C(CO)C2=O)ccc1N1CCOCC1=O. The molecule has 0 spiro atoms.